The number of hydrogen-bond acceptors (Lipinski definition) is 1. The Bertz CT molecular complexity index is 294. The summed E-state index contributed by atoms with van der Waals surface area (Å²) in [5, 5.41) is 0. The first-order valence-electron chi connectivity index (χ1n) is 3.40. The summed E-state index contributed by atoms with van der Waals surface area (Å²) in [7, 11) is 1.63. The van der Waals surface area contributed by atoms with E-state index in [-0.39, 0.29) is 0 Å². The Morgan fingerprint density at radius 1 is 1.45 bits per heavy atom. The normalized spacial score (nSPS) is 8.82. The summed E-state index contributed by atoms with van der Waals surface area (Å²) in [5.74, 6) is 3.36. The molecule has 0 aliphatic heterocycles. The molecule has 1 nitrogen and oxygen atoms in total. The van der Waals surface area contributed by atoms with Crippen molar-refractivity contribution in [1.82, 2.24) is 0 Å². The van der Waals surface area contributed by atoms with Crippen LogP contribution >= 0.6 is 0 Å². The van der Waals surface area contributed by atoms with Gasteiger partial charge in [-0.3, -0.25) is 0 Å². The van der Waals surface area contributed by atoms with E-state index in [1.165, 1.54) is 0 Å². The van der Waals surface area contributed by atoms with E-state index >= 15 is 0 Å². The highest BCUT2D eigenvalue weighted by Crippen LogP contribution is 2.21. The average molecular weight is 146 g/mol. The van der Waals surface area contributed by atoms with Crippen molar-refractivity contribution in [1.29, 1.82) is 0 Å². The van der Waals surface area contributed by atoms with Crippen molar-refractivity contribution in [3.8, 4) is 18.1 Å². The molecule has 56 valence electrons. The van der Waals surface area contributed by atoms with Gasteiger partial charge in [-0.25, -0.2) is 0 Å². The lowest BCUT2D eigenvalue weighted by Crippen LogP contribution is -1.90. The molecule has 0 unspecified atom stereocenters. The van der Waals surface area contributed by atoms with E-state index in [0.29, 0.717) is 0 Å². The molecule has 1 rings (SSSR count). The van der Waals surface area contributed by atoms with Gasteiger partial charge in [0.25, 0.3) is 0 Å². The minimum atomic E-state index is 0.801. The van der Waals surface area contributed by atoms with Gasteiger partial charge < -0.3 is 4.74 Å². The Balaban J connectivity index is 3.27. The number of hydrogen-bond donors (Lipinski definition) is 0. The molecule has 1 heteroatoms. The van der Waals surface area contributed by atoms with Crippen LogP contribution in [0.25, 0.3) is 0 Å². The van der Waals surface area contributed by atoms with Gasteiger partial charge in [0.05, 0.1) is 12.7 Å². The molecular formula is C10H10O. The van der Waals surface area contributed by atoms with Crippen molar-refractivity contribution in [3.63, 3.8) is 0 Å². The van der Waals surface area contributed by atoms with Crippen molar-refractivity contribution < 1.29 is 4.74 Å². The third kappa shape index (κ3) is 1.35. The van der Waals surface area contributed by atoms with Crippen LogP contribution in [-0.4, -0.2) is 7.11 Å². The molecule has 0 aromatic heterocycles. The molecule has 11 heavy (non-hydrogen) atoms. The fourth-order valence-electron chi connectivity index (χ4n) is 1.04. The summed E-state index contributed by atoms with van der Waals surface area (Å²) in [6.45, 7) is 1.97. The van der Waals surface area contributed by atoms with E-state index in [0.717, 1.165) is 16.9 Å². The van der Waals surface area contributed by atoms with Gasteiger partial charge in [0.1, 0.15) is 5.75 Å². The molecule has 0 heterocycles. The summed E-state index contributed by atoms with van der Waals surface area (Å²) >= 11 is 0. The van der Waals surface area contributed by atoms with Crippen LogP contribution in [-0.2, 0) is 0 Å². The van der Waals surface area contributed by atoms with Gasteiger partial charge in [0.15, 0.2) is 0 Å². The summed E-state index contributed by atoms with van der Waals surface area (Å²) in [5.41, 5.74) is 1.88. The third-order valence-corrected chi connectivity index (χ3v) is 1.57. The highest BCUT2D eigenvalue weighted by molar-refractivity contribution is 5.49. The summed E-state index contributed by atoms with van der Waals surface area (Å²) in [6, 6.07) is 5.76. The lowest BCUT2D eigenvalue weighted by Gasteiger charge is -2.05. The highest BCUT2D eigenvalue weighted by Gasteiger charge is 2.00. The fraction of sp³-hybridized carbons (Fsp3) is 0.200. The molecule has 0 spiro atoms. The van der Waals surface area contributed by atoms with Gasteiger partial charge >= 0.3 is 0 Å². The smallest absolute Gasteiger partial charge is 0.137 e. The molecule has 0 aliphatic carbocycles. The molecular weight excluding hydrogens is 136 g/mol. The van der Waals surface area contributed by atoms with E-state index in [2.05, 4.69) is 5.92 Å². The third-order valence-electron chi connectivity index (χ3n) is 1.57. The largest absolute Gasteiger partial charge is 0.495 e. The molecule has 0 amide bonds. The number of terminal acetylenes is 1. The number of rotatable bonds is 1. The minimum absolute atomic E-state index is 0.801. The van der Waals surface area contributed by atoms with Crippen molar-refractivity contribution in [2.45, 2.75) is 6.92 Å². The second kappa shape index (κ2) is 3.12. The molecule has 0 saturated carbocycles. The summed E-state index contributed by atoms with van der Waals surface area (Å²) in [6.07, 6.45) is 5.27. The van der Waals surface area contributed by atoms with Gasteiger partial charge in [-0.1, -0.05) is 18.1 Å². The van der Waals surface area contributed by atoms with E-state index in [9.17, 15) is 0 Å². The van der Waals surface area contributed by atoms with Crippen LogP contribution in [0.4, 0.5) is 0 Å². The first-order chi connectivity index (χ1) is 5.29. The molecule has 0 saturated heterocycles. The van der Waals surface area contributed by atoms with Crippen molar-refractivity contribution in [3.05, 3.63) is 29.3 Å². The number of benzene rings is 1. The van der Waals surface area contributed by atoms with Crippen LogP contribution in [0.3, 0.4) is 0 Å². The van der Waals surface area contributed by atoms with Crippen molar-refractivity contribution in [2.24, 2.45) is 0 Å². The molecule has 0 atom stereocenters. The first kappa shape index (κ1) is 7.68. The maximum atomic E-state index is 5.27. The molecule has 1 aromatic rings. The molecule has 0 radical (unpaired) electrons. The van der Waals surface area contributed by atoms with Crippen molar-refractivity contribution in [2.75, 3.05) is 7.11 Å². The van der Waals surface area contributed by atoms with Crippen LogP contribution in [0, 0.1) is 19.3 Å². The Morgan fingerprint density at radius 3 is 2.64 bits per heavy atom. The van der Waals surface area contributed by atoms with E-state index in [1.807, 2.05) is 25.1 Å². The maximum absolute atomic E-state index is 5.27. The van der Waals surface area contributed by atoms with Crippen LogP contribution < -0.4 is 4.74 Å². The molecule has 0 N–H and O–H groups in total. The Morgan fingerprint density at radius 2 is 2.18 bits per heavy atom. The monoisotopic (exact) mass is 146 g/mol. The maximum Gasteiger partial charge on any atom is 0.137 e. The van der Waals surface area contributed by atoms with Gasteiger partial charge in [-0.05, 0) is 18.6 Å². The van der Waals surface area contributed by atoms with E-state index < -0.39 is 0 Å². The second-order valence-electron chi connectivity index (χ2n) is 2.30. The zero-order chi connectivity index (χ0) is 8.27. The SMILES string of the molecule is C#Cc1cccc(C)c1OC. The van der Waals surface area contributed by atoms with Crippen LogP contribution in [0.5, 0.6) is 5.75 Å². The topological polar surface area (TPSA) is 9.23 Å². The van der Waals surface area contributed by atoms with Gasteiger partial charge in [-0.2, -0.15) is 0 Å². The zero-order valence-corrected chi connectivity index (χ0v) is 6.72. The minimum Gasteiger partial charge on any atom is -0.495 e. The fourth-order valence-corrected chi connectivity index (χ4v) is 1.04. The Kier molecular flexibility index (Phi) is 2.18. The molecule has 0 bridgehead atoms. The lowest BCUT2D eigenvalue weighted by atomic mass is 10.1. The standard InChI is InChI=1S/C10H10O/c1-4-9-7-5-6-8(2)10(9)11-3/h1,5-7H,2-3H3. The first-order valence-corrected chi connectivity index (χ1v) is 3.40. The lowest BCUT2D eigenvalue weighted by molar-refractivity contribution is 0.410. The van der Waals surface area contributed by atoms with Gasteiger partial charge in [0.2, 0.25) is 0 Å². The van der Waals surface area contributed by atoms with E-state index in [4.69, 9.17) is 11.2 Å². The summed E-state index contributed by atoms with van der Waals surface area (Å²) in [4.78, 5) is 0. The number of para-hydroxylation sites is 1. The predicted molar refractivity (Wildman–Crippen MR) is 45.7 cm³/mol. The van der Waals surface area contributed by atoms with Crippen LogP contribution in [0.2, 0.25) is 0 Å². The molecule has 0 fully saturated rings. The predicted octanol–water partition coefficient (Wildman–Crippen LogP) is 1.98. The zero-order valence-electron chi connectivity index (χ0n) is 6.72. The van der Waals surface area contributed by atoms with Gasteiger partial charge in [0, 0.05) is 0 Å². The highest BCUT2D eigenvalue weighted by atomic mass is 16.5. The quantitative estimate of drug-likeness (QED) is 0.550. The Hall–Kier alpha value is -1.42. The van der Waals surface area contributed by atoms with E-state index in [1.54, 1.807) is 7.11 Å². The average Bonchev–Trinajstić information content (AvgIpc) is 2.04. The summed E-state index contributed by atoms with van der Waals surface area (Å²) < 4.78 is 5.12. The van der Waals surface area contributed by atoms with Crippen LogP contribution in [0.1, 0.15) is 11.1 Å². The van der Waals surface area contributed by atoms with Crippen molar-refractivity contribution >= 4 is 0 Å². The second-order valence-corrected chi connectivity index (χ2v) is 2.30. The molecule has 0 aliphatic rings. The van der Waals surface area contributed by atoms with Gasteiger partial charge in [-0.15, -0.1) is 6.42 Å². The van der Waals surface area contributed by atoms with Crippen LogP contribution in [0.15, 0.2) is 18.2 Å². The molecule has 1 aromatic carbocycles. The number of ether oxygens (including phenoxy) is 1. The Labute approximate surface area is 67.0 Å². The number of methoxy groups -OCH3 is 1. The number of aryl methyl sites for hydroxylation is 1.